The fraction of sp³-hybridized carbons (Fsp3) is 0.200. The lowest BCUT2D eigenvalue weighted by Gasteiger charge is -1.94. The third-order valence-corrected chi connectivity index (χ3v) is 1.44. The molecule has 0 aromatic rings. The van der Waals surface area contributed by atoms with Crippen LogP contribution in [0, 0.1) is 0 Å². The molecule has 0 saturated carbocycles. The summed E-state index contributed by atoms with van der Waals surface area (Å²) in [6.45, 7) is 4.91. The quantitative estimate of drug-likeness (QED) is 0.457. The zero-order chi connectivity index (χ0) is 7.49. The highest BCUT2D eigenvalue weighted by molar-refractivity contribution is 7.55. The molecule has 0 heterocycles. The van der Waals surface area contributed by atoms with Crippen molar-refractivity contribution in [3.63, 3.8) is 0 Å². The molecule has 0 aliphatic heterocycles. The average Bonchev–Trinajstić information content (AvgIpc) is 1.62. The van der Waals surface area contributed by atoms with E-state index >= 15 is 0 Å². The van der Waals surface area contributed by atoms with Crippen molar-refractivity contribution in [2.45, 2.75) is 6.92 Å². The van der Waals surface area contributed by atoms with Crippen LogP contribution in [0.5, 0.6) is 0 Å². The third-order valence-electron chi connectivity index (χ3n) is 0.694. The SMILES string of the molecule is C=C/C(C)=C/P(=O)(O)O. The van der Waals surface area contributed by atoms with Crippen molar-refractivity contribution in [3.8, 4) is 0 Å². The van der Waals surface area contributed by atoms with Crippen LogP contribution in [0.25, 0.3) is 0 Å². The summed E-state index contributed by atoms with van der Waals surface area (Å²) in [6, 6.07) is 0. The fourth-order valence-corrected chi connectivity index (χ4v) is 0.954. The number of allylic oxidation sites excluding steroid dienone is 2. The molecule has 52 valence electrons. The predicted octanol–water partition coefficient (Wildman–Crippen LogP) is 1.25. The summed E-state index contributed by atoms with van der Waals surface area (Å²) in [5, 5.41) is 0. The van der Waals surface area contributed by atoms with Crippen molar-refractivity contribution in [3.05, 3.63) is 24.0 Å². The molecule has 0 rings (SSSR count). The molecule has 0 aliphatic carbocycles. The monoisotopic (exact) mass is 148 g/mol. The third kappa shape index (κ3) is 5.50. The number of hydrogen-bond donors (Lipinski definition) is 2. The van der Waals surface area contributed by atoms with Crippen LogP contribution in [0.1, 0.15) is 6.92 Å². The molecule has 2 N–H and O–H groups in total. The Hall–Kier alpha value is -0.370. The van der Waals surface area contributed by atoms with Crippen LogP contribution >= 0.6 is 7.60 Å². The van der Waals surface area contributed by atoms with Crippen LogP contribution in [0.2, 0.25) is 0 Å². The van der Waals surface area contributed by atoms with E-state index in [9.17, 15) is 4.57 Å². The van der Waals surface area contributed by atoms with E-state index in [-0.39, 0.29) is 0 Å². The van der Waals surface area contributed by atoms with Gasteiger partial charge in [-0.05, 0) is 12.5 Å². The van der Waals surface area contributed by atoms with E-state index in [0.29, 0.717) is 5.57 Å². The standard InChI is InChI=1S/C5H9O3P/c1-3-5(2)4-9(6,7)8/h3-4H,1H2,2H3,(H2,6,7,8)/b5-4+. The molecule has 0 saturated heterocycles. The van der Waals surface area contributed by atoms with E-state index in [1.54, 1.807) is 6.92 Å². The molecule has 0 aromatic carbocycles. The second kappa shape index (κ2) is 2.97. The molecule has 0 unspecified atom stereocenters. The van der Waals surface area contributed by atoms with Gasteiger partial charge in [-0.15, -0.1) is 0 Å². The Balaban J connectivity index is 4.30. The first kappa shape index (κ1) is 8.63. The van der Waals surface area contributed by atoms with E-state index in [1.165, 1.54) is 6.08 Å². The van der Waals surface area contributed by atoms with Gasteiger partial charge in [0.05, 0.1) is 0 Å². The molecule has 0 aromatic heterocycles. The van der Waals surface area contributed by atoms with Crippen LogP contribution in [0.3, 0.4) is 0 Å². The minimum atomic E-state index is -3.97. The zero-order valence-corrected chi connectivity index (χ0v) is 6.01. The van der Waals surface area contributed by atoms with Crippen molar-refractivity contribution in [1.82, 2.24) is 0 Å². The van der Waals surface area contributed by atoms with Gasteiger partial charge in [-0.1, -0.05) is 12.7 Å². The number of rotatable bonds is 2. The first-order valence-corrected chi connectivity index (χ1v) is 4.01. The Morgan fingerprint density at radius 2 is 2.11 bits per heavy atom. The predicted molar refractivity (Wildman–Crippen MR) is 36.0 cm³/mol. The summed E-state index contributed by atoms with van der Waals surface area (Å²) >= 11 is 0. The van der Waals surface area contributed by atoms with Crippen LogP contribution < -0.4 is 0 Å². The molecule has 3 nitrogen and oxygen atoms in total. The Morgan fingerprint density at radius 3 is 2.22 bits per heavy atom. The van der Waals surface area contributed by atoms with E-state index in [1.807, 2.05) is 0 Å². The summed E-state index contributed by atoms with van der Waals surface area (Å²) in [6.07, 6.45) is 1.39. The topological polar surface area (TPSA) is 57.5 Å². The Morgan fingerprint density at radius 1 is 1.67 bits per heavy atom. The van der Waals surface area contributed by atoms with Crippen molar-refractivity contribution in [2.24, 2.45) is 0 Å². The molecule has 9 heavy (non-hydrogen) atoms. The molecule has 0 aliphatic rings. The zero-order valence-electron chi connectivity index (χ0n) is 5.11. The smallest absolute Gasteiger partial charge is 0.321 e. The molecular weight excluding hydrogens is 139 g/mol. The minimum Gasteiger partial charge on any atom is -0.321 e. The van der Waals surface area contributed by atoms with E-state index in [2.05, 4.69) is 6.58 Å². The van der Waals surface area contributed by atoms with Crippen LogP contribution in [-0.4, -0.2) is 9.79 Å². The van der Waals surface area contributed by atoms with Gasteiger partial charge in [-0.25, -0.2) is 0 Å². The summed E-state index contributed by atoms with van der Waals surface area (Å²) in [7, 11) is -3.97. The highest BCUT2D eigenvalue weighted by Crippen LogP contribution is 2.37. The van der Waals surface area contributed by atoms with Gasteiger partial charge in [0.2, 0.25) is 0 Å². The first-order chi connectivity index (χ1) is 3.95. The normalized spacial score (nSPS) is 13.4. The Bertz CT molecular complexity index is 177. The molecule has 0 amide bonds. The van der Waals surface area contributed by atoms with Gasteiger partial charge in [0.15, 0.2) is 0 Å². The Kier molecular flexibility index (Phi) is 2.85. The van der Waals surface area contributed by atoms with Gasteiger partial charge >= 0.3 is 7.60 Å². The molecule has 0 bridgehead atoms. The first-order valence-electron chi connectivity index (χ1n) is 2.33. The summed E-state index contributed by atoms with van der Waals surface area (Å²) in [5.74, 6) is 0.875. The van der Waals surface area contributed by atoms with Crippen molar-refractivity contribution in [1.29, 1.82) is 0 Å². The summed E-state index contributed by atoms with van der Waals surface area (Å²) in [4.78, 5) is 16.6. The van der Waals surface area contributed by atoms with Crippen LogP contribution in [-0.2, 0) is 4.57 Å². The van der Waals surface area contributed by atoms with Crippen molar-refractivity contribution < 1.29 is 14.4 Å². The second-order valence-electron chi connectivity index (χ2n) is 1.67. The molecule has 0 spiro atoms. The maximum atomic E-state index is 10.2. The highest BCUT2D eigenvalue weighted by Gasteiger charge is 2.05. The maximum Gasteiger partial charge on any atom is 0.349 e. The van der Waals surface area contributed by atoms with Crippen molar-refractivity contribution in [2.75, 3.05) is 0 Å². The van der Waals surface area contributed by atoms with Gasteiger partial charge in [0, 0.05) is 5.82 Å². The lowest BCUT2D eigenvalue weighted by atomic mass is 10.4. The molecule has 0 atom stereocenters. The van der Waals surface area contributed by atoms with Crippen molar-refractivity contribution >= 4 is 7.60 Å². The molecular formula is C5H9O3P. The maximum absolute atomic E-state index is 10.2. The number of hydrogen-bond acceptors (Lipinski definition) is 1. The Labute approximate surface area is 53.9 Å². The van der Waals surface area contributed by atoms with Gasteiger partial charge in [-0.3, -0.25) is 4.57 Å². The lowest BCUT2D eigenvalue weighted by Crippen LogP contribution is -1.71. The minimum absolute atomic E-state index is 0.489. The van der Waals surface area contributed by atoms with Gasteiger partial charge in [-0.2, -0.15) is 0 Å². The summed E-state index contributed by atoms with van der Waals surface area (Å²) < 4.78 is 10.2. The molecule has 4 heteroatoms. The van der Waals surface area contributed by atoms with E-state index in [4.69, 9.17) is 9.79 Å². The van der Waals surface area contributed by atoms with E-state index < -0.39 is 7.60 Å². The molecule has 0 fully saturated rings. The lowest BCUT2D eigenvalue weighted by molar-refractivity contribution is 0.386. The highest BCUT2D eigenvalue weighted by atomic mass is 31.2. The second-order valence-corrected chi connectivity index (χ2v) is 3.10. The van der Waals surface area contributed by atoms with Gasteiger partial charge < -0.3 is 9.79 Å². The average molecular weight is 148 g/mol. The largest absolute Gasteiger partial charge is 0.349 e. The fourth-order valence-electron chi connectivity index (χ4n) is 0.318. The van der Waals surface area contributed by atoms with Crippen LogP contribution in [0.4, 0.5) is 0 Å². The van der Waals surface area contributed by atoms with Crippen LogP contribution in [0.15, 0.2) is 24.0 Å². The van der Waals surface area contributed by atoms with Gasteiger partial charge in [0.1, 0.15) is 0 Å². The van der Waals surface area contributed by atoms with Gasteiger partial charge in [0.25, 0.3) is 0 Å². The van der Waals surface area contributed by atoms with E-state index in [0.717, 1.165) is 5.82 Å². The summed E-state index contributed by atoms with van der Waals surface area (Å²) in [5.41, 5.74) is 0.489. The molecule has 0 radical (unpaired) electrons.